The molecule has 1 amide bonds. The molecule has 0 saturated heterocycles. The fourth-order valence-corrected chi connectivity index (χ4v) is 2.52. The van der Waals surface area contributed by atoms with E-state index in [1.165, 1.54) is 12.3 Å². The summed E-state index contributed by atoms with van der Waals surface area (Å²) >= 11 is 3.48. The lowest BCUT2D eigenvalue weighted by molar-refractivity contribution is -0.114. The van der Waals surface area contributed by atoms with Gasteiger partial charge in [-0.3, -0.25) is 4.79 Å². The lowest BCUT2D eigenvalue weighted by Crippen LogP contribution is -2.05. The van der Waals surface area contributed by atoms with Gasteiger partial charge in [0.25, 0.3) is 0 Å². The Hall–Kier alpha value is -1.81. The topological polar surface area (TPSA) is 44.9 Å². The molecule has 0 unspecified atom stereocenters. The summed E-state index contributed by atoms with van der Waals surface area (Å²) in [6.07, 6.45) is 0. The highest BCUT2D eigenvalue weighted by atomic mass is 79.9. The summed E-state index contributed by atoms with van der Waals surface area (Å²) in [6.45, 7) is 1.51. The van der Waals surface area contributed by atoms with Crippen molar-refractivity contribution in [2.24, 2.45) is 0 Å². The van der Waals surface area contributed by atoms with Crippen LogP contribution in [-0.2, 0) is 4.79 Å². The van der Waals surface area contributed by atoms with Gasteiger partial charge < -0.3 is 10.3 Å². The Morgan fingerprint density at radius 1 is 1.11 bits per heavy atom. The molecule has 4 heteroatoms. The SMILES string of the molecule is CC(=O)Nc1ccc2c(c1)[nH]c1ccc(Br)cc12. The Morgan fingerprint density at radius 2 is 1.94 bits per heavy atom. The number of nitrogens with one attached hydrogen (secondary N) is 2. The number of H-pyrrole nitrogens is 1. The minimum absolute atomic E-state index is 0.0618. The lowest BCUT2D eigenvalue weighted by atomic mass is 10.1. The van der Waals surface area contributed by atoms with Crippen molar-refractivity contribution in [2.45, 2.75) is 6.92 Å². The zero-order valence-electron chi connectivity index (χ0n) is 9.75. The molecule has 3 rings (SSSR count). The summed E-state index contributed by atoms with van der Waals surface area (Å²) in [5.74, 6) is -0.0618. The Labute approximate surface area is 112 Å². The number of fused-ring (bicyclic) bond motifs is 3. The number of halogens is 1. The molecule has 0 bridgehead atoms. The molecule has 0 aliphatic heterocycles. The standard InChI is InChI=1S/C14H11BrN2O/c1-8(18)16-10-3-4-11-12-6-9(15)2-5-13(12)17-14(11)7-10/h2-7,17H,1H3,(H,16,18). The number of carbonyl (C=O) groups is 1. The van der Waals surface area contributed by atoms with E-state index in [4.69, 9.17) is 0 Å². The van der Waals surface area contributed by atoms with Crippen molar-refractivity contribution in [2.75, 3.05) is 5.32 Å². The Balaban J connectivity index is 2.23. The Bertz CT molecular complexity index is 761. The molecule has 3 aromatic rings. The molecule has 2 N–H and O–H groups in total. The van der Waals surface area contributed by atoms with Crippen LogP contribution in [0.4, 0.5) is 5.69 Å². The molecule has 0 radical (unpaired) electrons. The maximum Gasteiger partial charge on any atom is 0.221 e. The largest absolute Gasteiger partial charge is 0.354 e. The molecule has 90 valence electrons. The number of aromatic amines is 1. The zero-order valence-corrected chi connectivity index (χ0v) is 11.3. The van der Waals surface area contributed by atoms with E-state index in [-0.39, 0.29) is 5.91 Å². The number of hydrogen-bond acceptors (Lipinski definition) is 1. The number of amides is 1. The van der Waals surface area contributed by atoms with Crippen LogP contribution in [0.15, 0.2) is 40.9 Å². The first-order chi connectivity index (χ1) is 8.63. The first kappa shape index (κ1) is 11.3. The molecule has 0 spiro atoms. The van der Waals surface area contributed by atoms with E-state index in [0.29, 0.717) is 0 Å². The maximum absolute atomic E-state index is 11.0. The van der Waals surface area contributed by atoms with Crippen molar-refractivity contribution in [1.29, 1.82) is 0 Å². The summed E-state index contributed by atoms with van der Waals surface area (Å²) in [5.41, 5.74) is 2.92. The van der Waals surface area contributed by atoms with E-state index in [1.54, 1.807) is 0 Å². The zero-order chi connectivity index (χ0) is 12.7. The monoisotopic (exact) mass is 302 g/mol. The molecule has 0 atom stereocenters. The van der Waals surface area contributed by atoms with Gasteiger partial charge in [0.1, 0.15) is 0 Å². The van der Waals surface area contributed by atoms with Crippen LogP contribution < -0.4 is 5.32 Å². The van der Waals surface area contributed by atoms with E-state index in [2.05, 4.69) is 32.3 Å². The first-order valence-electron chi connectivity index (χ1n) is 5.62. The van der Waals surface area contributed by atoms with Gasteiger partial charge in [-0.2, -0.15) is 0 Å². The van der Waals surface area contributed by atoms with E-state index >= 15 is 0 Å². The van der Waals surface area contributed by atoms with Crippen LogP contribution in [0, 0.1) is 0 Å². The van der Waals surface area contributed by atoms with Crippen molar-refractivity contribution in [3.8, 4) is 0 Å². The summed E-state index contributed by atoms with van der Waals surface area (Å²) in [7, 11) is 0. The van der Waals surface area contributed by atoms with Crippen LogP contribution >= 0.6 is 15.9 Å². The molecule has 18 heavy (non-hydrogen) atoms. The fraction of sp³-hybridized carbons (Fsp3) is 0.0714. The minimum atomic E-state index is -0.0618. The molecule has 0 aliphatic rings. The van der Waals surface area contributed by atoms with Crippen LogP contribution in [0.2, 0.25) is 0 Å². The molecule has 0 fully saturated rings. The van der Waals surface area contributed by atoms with E-state index < -0.39 is 0 Å². The quantitative estimate of drug-likeness (QED) is 0.700. The van der Waals surface area contributed by atoms with Crippen molar-refractivity contribution >= 4 is 49.3 Å². The van der Waals surface area contributed by atoms with Crippen LogP contribution in [0.1, 0.15) is 6.92 Å². The van der Waals surface area contributed by atoms with Gasteiger partial charge in [-0.1, -0.05) is 22.0 Å². The first-order valence-corrected chi connectivity index (χ1v) is 6.41. The predicted octanol–water partition coefficient (Wildman–Crippen LogP) is 4.04. The van der Waals surface area contributed by atoms with E-state index in [1.807, 2.05) is 30.3 Å². The second kappa shape index (κ2) is 4.14. The van der Waals surface area contributed by atoms with Gasteiger partial charge in [0.05, 0.1) is 0 Å². The summed E-state index contributed by atoms with van der Waals surface area (Å²) in [6, 6.07) is 12.0. The maximum atomic E-state index is 11.0. The second-order valence-corrected chi connectivity index (χ2v) is 5.17. The molecule has 3 nitrogen and oxygen atoms in total. The molecular formula is C14H11BrN2O. The number of anilines is 1. The number of hydrogen-bond donors (Lipinski definition) is 2. The average molecular weight is 303 g/mol. The molecule has 2 aromatic carbocycles. The smallest absolute Gasteiger partial charge is 0.221 e. The van der Waals surface area contributed by atoms with Gasteiger partial charge in [0, 0.05) is 38.9 Å². The van der Waals surface area contributed by atoms with Crippen LogP contribution in [0.5, 0.6) is 0 Å². The number of aromatic nitrogens is 1. The fourth-order valence-electron chi connectivity index (χ4n) is 2.16. The summed E-state index contributed by atoms with van der Waals surface area (Å²) < 4.78 is 1.06. The average Bonchev–Trinajstić information content (AvgIpc) is 2.65. The van der Waals surface area contributed by atoms with Crippen molar-refractivity contribution in [3.05, 3.63) is 40.9 Å². The van der Waals surface area contributed by atoms with Gasteiger partial charge >= 0.3 is 0 Å². The van der Waals surface area contributed by atoms with E-state index in [0.717, 1.165) is 26.6 Å². The van der Waals surface area contributed by atoms with Crippen LogP contribution in [-0.4, -0.2) is 10.9 Å². The highest BCUT2D eigenvalue weighted by molar-refractivity contribution is 9.10. The number of rotatable bonds is 1. The summed E-state index contributed by atoms with van der Waals surface area (Å²) in [4.78, 5) is 14.4. The van der Waals surface area contributed by atoms with Gasteiger partial charge in [-0.15, -0.1) is 0 Å². The van der Waals surface area contributed by atoms with E-state index in [9.17, 15) is 4.79 Å². The second-order valence-electron chi connectivity index (χ2n) is 4.26. The van der Waals surface area contributed by atoms with Crippen molar-refractivity contribution < 1.29 is 4.79 Å². The van der Waals surface area contributed by atoms with Gasteiger partial charge in [0.2, 0.25) is 5.91 Å². The van der Waals surface area contributed by atoms with Crippen molar-refractivity contribution in [3.63, 3.8) is 0 Å². The third kappa shape index (κ3) is 1.88. The molecular weight excluding hydrogens is 292 g/mol. The number of benzene rings is 2. The van der Waals surface area contributed by atoms with Gasteiger partial charge in [-0.05, 0) is 30.3 Å². The Kier molecular flexibility index (Phi) is 2.59. The molecule has 0 saturated carbocycles. The van der Waals surface area contributed by atoms with Crippen molar-refractivity contribution in [1.82, 2.24) is 4.98 Å². The highest BCUT2D eigenvalue weighted by Crippen LogP contribution is 2.29. The molecule has 1 heterocycles. The molecule has 1 aromatic heterocycles. The van der Waals surface area contributed by atoms with Crippen LogP contribution in [0.25, 0.3) is 21.8 Å². The number of carbonyl (C=O) groups excluding carboxylic acids is 1. The normalized spacial score (nSPS) is 11.0. The van der Waals surface area contributed by atoms with Crippen LogP contribution in [0.3, 0.4) is 0 Å². The highest BCUT2D eigenvalue weighted by Gasteiger charge is 2.05. The predicted molar refractivity (Wildman–Crippen MR) is 77.8 cm³/mol. The van der Waals surface area contributed by atoms with Gasteiger partial charge in [0.15, 0.2) is 0 Å². The minimum Gasteiger partial charge on any atom is -0.354 e. The lowest BCUT2D eigenvalue weighted by Gasteiger charge is -2.01. The summed E-state index contributed by atoms with van der Waals surface area (Å²) in [5, 5.41) is 5.11. The molecule has 0 aliphatic carbocycles. The van der Waals surface area contributed by atoms with Gasteiger partial charge in [-0.25, -0.2) is 0 Å². The third-order valence-corrected chi connectivity index (χ3v) is 3.37. The Morgan fingerprint density at radius 3 is 2.72 bits per heavy atom. The third-order valence-electron chi connectivity index (χ3n) is 2.88.